The van der Waals surface area contributed by atoms with Crippen molar-refractivity contribution in [2.24, 2.45) is 7.05 Å². The lowest BCUT2D eigenvalue weighted by Gasteiger charge is -2.26. The first-order valence-corrected chi connectivity index (χ1v) is 9.50. The summed E-state index contributed by atoms with van der Waals surface area (Å²) in [7, 11) is -2.06. The molecular weight excluding hydrogens is 360 g/mol. The highest BCUT2D eigenvalue weighted by Crippen LogP contribution is 2.27. The Morgan fingerprint density at radius 3 is 2.88 bits per heavy atom. The number of fused-ring (bicyclic) bond motifs is 2. The lowest BCUT2D eigenvalue weighted by atomic mass is 10.2. The van der Waals surface area contributed by atoms with Crippen LogP contribution in [0.15, 0.2) is 29.2 Å². The summed E-state index contributed by atoms with van der Waals surface area (Å²) < 4.78 is 30.8. The van der Waals surface area contributed by atoms with Gasteiger partial charge in [0.2, 0.25) is 10.0 Å². The van der Waals surface area contributed by atoms with Gasteiger partial charge in [0.05, 0.1) is 36.6 Å². The third kappa shape index (κ3) is 2.60. The molecule has 0 saturated carbocycles. The van der Waals surface area contributed by atoms with E-state index < -0.39 is 22.7 Å². The minimum atomic E-state index is -3.77. The fraction of sp³-hybridized carbons (Fsp3) is 0.400. The number of hydrogen-bond acceptors (Lipinski definition) is 7. The van der Waals surface area contributed by atoms with Crippen LogP contribution in [0.1, 0.15) is 17.5 Å². The lowest BCUT2D eigenvalue weighted by Crippen LogP contribution is -2.38. The van der Waals surface area contributed by atoms with Gasteiger partial charge in [-0.1, -0.05) is 11.3 Å². The van der Waals surface area contributed by atoms with Crippen molar-refractivity contribution in [3.63, 3.8) is 0 Å². The topological polar surface area (TPSA) is 126 Å². The standard InChI is InChI=1S/C15H18N6O4S/c1-19-12-3-2-4-14(15(12)16-18-19)26(24,25)20-5-6-21-10(8-20)7-11(17-21)13(23)9-22/h2-4,7,13,22-23H,5-6,8-9H2,1H3/t13-/m0/s1. The second kappa shape index (κ2) is 6.13. The molecule has 1 atom stereocenters. The van der Waals surface area contributed by atoms with Crippen molar-refractivity contribution in [2.75, 3.05) is 13.2 Å². The van der Waals surface area contributed by atoms with Crippen LogP contribution < -0.4 is 0 Å². The molecule has 138 valence electrons. The molecule has 1 aliphatic rings. The first-order valence-electron chi connectivity index (χ1n) is 8.06. The van der Waals surface area contributed by atoms with E-state index in [4.69, 9.17) is 5.11 Å². The molecule has 0 spiro atoms. The molecule has 2 aromatic heterocycles. The lowest BCUT2D eigenvalue weighted by molar-refractivity contribution is 0.0916. The Balaban J connectivity index is 1.70. The molecule has 1 aliphatic heterocycles. The Hall–Kier alpha value is -2.34. The minimum absolute atomic E-state index is 0.117. The maximum absolute atomic E-state index is 13.1. The third-order valence-corrected chi connectivity index (χ3v) is 6.40. The maximum Gasteiger partial charge on any atom is 0.245 e. The monoisotopic (exact) mass is 378 g/mol. The number of benzene rings is 1. The van der Waals surface area contributed by atoms with Crippen LogP contribution in [0.5, 0.6) is 0 Å². The van der Waals surface area contributed by atoms with Gasteiger partial charge in [-0.15, -0.1) is 5.10 Å². The predicted octanol–water partition coefficient (Wildman–Crippen LogP) is -0.605. The van der Waals surface area contributed by atoms with Crippen molar-refractivity contribution in [3.8, 4) is 0 Å². The molecule has 0 saturated heterocycles. The van der Waals surface area contributed by atoms with Crippen molar-refractivity contribution < 1.29 is 18.6 Å². The molecule has 2 N–H and O–H groups in total. The summed E-state index contributed by atoms with van der Waals surface area (Å²) in [6.07, 6.45) is -1.08. The highest BCUT2D eigenvalue weighted by Gasteiger charge is 2.32. The van der Waals surface area contributed by atoms with E-state index in [1.165, 1.54) is 15.1 Å². The van der Waals surface area contributed by atoms with Gasteiger partial charge in [0.15, 0.2) is 0 Å². The molecule has 10 nitrogen and oxygen atoms in total. The number of nitrogens with zero attached hydrogens (tertiary/aromatic N) is 6. The Bertz CT molecular complexity index is 1070. The molecule has 0 radical (unpaired) electrons. The van der Waals surface area contributed by atoms with Crippen molar-refractivity contribution in [2.45, 2.75) is 24.1 Å². The third-order valence-electron chi connectivity index (χ3n) is 4.52. The number of sulfonamides is 1. The molecule has 0 aliphatic carbocycles. The van der Waals surface area contributed by atoms with Crippen LogP contribution in [0.3, 0.4) is 0 Å². The van der Waals surface area contributed by atoms with Crippen LogP contribution in [0.4, 0.5) is 0 Å². The van der Waals surface area contributed by atoms with Gasteiger partial charge < -0.3 is 10.2 Å². The van der Waals surface area contributed by atoms with Crippen LogP contribution in [0.25, 0.3) is 11.0 Å². The van der Waals surface area contributed by atoms with E-state index in [2.05, 4.69) is 15.4 Å². The van der Waals surface area contributed by atoms with Gasteiger partial charge in [-0.3, -0.25) is 4.68 Å². The number of rotatable bonds is 4. The van der Waals surface area contributed by atoms with Crippen molar-refractivity contribution in [3.05, 3.63) is 35.7 Å². The number of hydrogen-bond donors (Lipinski definition) is 2. The van der Waals surface area contributed by atoms with E-state index in [-0.39, 0.29) is 18.0 Å². The van der Waals surface area contributed by atoms with Gasteiger partial charge >= 0.3 is 0 Å². The molecule has 3 heterocycles. The molecule has 3 aromatic rings. The first-order chi connectivity index (χ1) is 12.4. The number of aliphatic hydroxyl groups excluding tert-OH is 2. The van der Waals surface area contributed by atoms with E-state index >= 15 is 0 Å². The zero-order chi connectivity index (χ0) is 18.5. The van der Waals surface area contributed by atoms with Gasteiger partial charge in [0, 0.05) is 13.6 Å². The van der Waals surface area contributed by atoms with E-state index in [0.717, 1.165) is 0 Å². The van der Waals surface area contributed by atoms with Crippen molar-refractivity contribution in [1.82, 2.24) is 29.1 Å². The smallest absolute Gasteiger partial charge is 0.245 e. The molecule has 0 unspecified atom stereocenters. The summed E-state index contributed by atoms with van der Waals surface area (Å²) >= 11 is 0. The molecule has 0 amide bonds. The molecule has 1 aromatic carbocycles. The zero-order valence-electron chi connectivity index (χ0n) is 14.0. The first kappa shape index (κ1) is 17.1. The zero-order valence-corrected chi connectivity index (χ0v) is 14.8. The molecule has 0 bridgehead atoms. The van der Waals surface area contributed by atoms with Crippen LogP contribution >= 0.6 is 0 Å². The summed E-state index contributed by atoms with van der Waals surface area (Å²) in [5.41, 5.74) is 1.97. The summed E-state index contributed by atoms with van der Waals surface area (Å²) in [5.74, 6) is 0. The van der Waals surface area contributed by atoms with Gasteiger partial charge in [-0.05, 0) is 18.2 Å². The average Bonchev–Trinajstić information content (AvgIpc) is 3.24. The number of aryl methyl sites for hydroxylation is 1. The second-order valence-electron chi connectivity index (χ2n) is 6.16. The average molecular weight is 378 g/mol. The minimum Gasteiger partial charge on any atom is -0.393 e. The fourth-order valence-electron chi connectivity index (χ4n) is 3.11. The summed E-state index contributed by atoms with van der Waals surface area (Å²) in [6, 6.07) is 6.58. The second-order valence-corrected chi connectivity index (χ2v) is 8.06. The summed E-state index contributed by atoms with van der Waals surface area (Å²) in [4.78, 5) is 0.117. The maximum atomic E-state index is 13.1. The van der Waals surface area contributed by atoms with E-state index in [0.29, 0.717) is 29.0 Å². The van der Waals surface area contributed by atoms with Crippen LogP contribution in [-0.2, 0) is 30.2 Å². The summed E-state index contributed by atoms with van der Waals surface area (Å²) in [6.45, 7) is 0.308. The van der Waals surface area contributed by atoms with Gasteiger partial charge in [-0.25, -0.2) is 13.1 Å². The number of aliphatic hydroxyl groups is 2. The molecular formula is C15H18N6O4S. The Morgan fingerprint density at radius 2 is 2.12 bits per heavy atom. The van der Waals surface area contributed by atoms with E-state index in [1.807, 2.05) is 0 Å². The predicted molar refractivity (Wildman–Crippen MR) is 90.4 cm³/mol. The SMILES string of the molecule is Cn1nnc2c(S(=O)(=O)N3CCn4nc([C@@H](O)CO)cc4C3)cccc21. The van der Waals surface area contributed by atoms with Crippen LogP contribution in [0, 0.1) is 0 Å². The van der Waals surface area contributed by atoms with Gasteiger partial charge in [0.1, 0.15) is 16.5 Å². The molecule has 11 heteroatoms. The van der Waals surface area contributed by atoms with Crippen LogP contribution in [-0.4, -0.2) is 60.9 Å². The molecule has 4 rings (SSSR count). The molecule has 26 heavy (non-hydrogen) atoms. The van der Waals surface area contributed by atoms with Crippen molar-refractivity contribution in [1.29, 1.82) is 0 Å². The fourth-order valence-corrected chi connectivity index (χ4v) is 4.65. The van der Waals surface area contributed by atoms with Gasteiger partial charge in [0.25, 0.3) is 0 Å². The molecule has 0 fully saturated rings. The Labute approximate surface area is 149 Å². The van der Waals surface area contributed by atoms with Crippen LogP contribution in [0.2, 0.25) is 0 Å². The quantitative estimate of drug-likeness (QED) is 0.620. The van der Waals surface area contributed by atoms with Gasteiger partial charge in [-0.2, -0.15) is 9.40 Å². The van der Waals surface area contributed by atoms with E-state index in [1.54, 1.807) is 29.9 Å². The van der Waals surface area contributed by atoms with Crippen molar-refractivity contribution >= 4 is 21.1 Å². The summed E-state index contributed by atoms with van der Waals surface area (Å²) in [5, 5.41) is 30.9. The number of aromatic nitrogens is 5. The Kier molecular flexibility index (Phi) is 4.03. The normalized spacial score (nSPS) is 16.7. The largest absolute Gasteiger partial charge is 0.393 e. The highest BCUT2D eigenvalue weighted by molar-refractivity contribution is 7.89. The highest BCUT2D eigenvalue weighted by atomic mass is 32.2. The Morgan fingerprint density at radius 1 is 1.31 bits per heavy atom. The van der Waals surface area contributed by atoms with E-state index in [9.17, 15) is 13.5 Å².